The fourth-order valence-electron chi connectivity index (χ4n) is 2.61. The highest BCUT2D eigenvalue weighted by molar-refractivity contribution is 6.33. The first-order valence-electron chi connectivity index (χ1n) is 8.51. The molecule has 0 spiro atoms. The number of aryl methyl sites for hydroxylation is 1. The monoisotopic (exact) mass is 398 g/mol. The molecule has 1 amide bonds. The van der Waals surface area contributed by atoms with E-state index in [1.807, 2.05) is 45.9 Å². The highest BCUT2D eigenvalue weighted by Crippen LogP contribution is 2.34. The third-order valence-corrected chi connectivity index (χ3v) is 4.73. The number of carbonyl (C=O) groups excluding carboxylic acids is 1. The van der Waals surface area contributed by atoms with Gasteiger partial charge in [-0.05, 0) is 55.2 Å². The first kappa shape index (κ1) is 21.1. The summed E-state index contributed by atoms with van der Waals surface area (Å²) in [6.45, 7) is 7.55. The van der Waals surface area contributed by atoms with Crippen LogP contribution in [0, 0.1) is 19.8 Å². The van der Waals surface area contributed by atoms with Gasteiger partial charge in [0.1, 0.15) is 6.04 Å². The van der Waals surface area contributed by atoms with Gasteiger partial charge in [-0.25, -0.2) is 0 Å². The predicted octanol–water partition coefficient (Wildman–Crippen LogP) is 6.05. The van der Waals surface area contributed by atoms with Crippen molar-refractivity contribution in [1.29, 1.82) is 0 Å². The molecule has 0 saturated carbocycles. The lowest BCUT2D eigenvalue weighted by molar-refractivity contribution is -0.137. The summed E-state index contributed by atoms with van der Waals surface area (Å²) >= 11 is 6.00. The molecule has 0 bridgehead atoms. The lowest BCUT2D eigenvalue weighted by atomic mass is 10.0. The Labute approximate surface area is 161 Å². The Morgan fingerprint density at radius 1 is 1.07 bits per heavy atom. The average Bonchev–Trinajstić information content (AvgIpc) is 2.56. The molecule has 7 heteroatoms. The number of halogens is 4. The van der Waals surface area contributed by atoms with Gasteiger partial charge in [-0.2, -0.15) is 13.2 Å². The number of hydrogen-bond donors (Lipinski definition) is 2. The molecule has 27 heavy (non-hydrogen) atoms. The van der Waals surface area contributed by atoms with Crippen LogP contribution in [-0.2, 0) is 11.0 Å². The summed E-state index contributed by atoms with van der Waals surface area (Å²) < 4.78 is 38.4. The Morgan fingerprint density at radius 3 is 2.30 bits per heavy atom. The van der Waals surface area contributed by atoms with Crippen LogP contribution in [0.3, 0.4) is 0 Å². The number of amides is 1. The van der Waals surface area contributed by atoms with Crippen LogP contribution in [0.4, 0.5) is 24.5 Å². The smallest absolute Gasteiger partial charge is 0.372 e. The molecular formula is C20H22ClF3N2O. The van der Waals surface area contributed by atoms with Crippen LogP contribution in [0.25, 0.3) is 0 Å². The van der Waals surface area contributed by atoms with Crippen molar-refractivity contribution in [2.24, 2.45) is 5.92 Å². The molecule has 0 aliphatic heterocycles. The summed E-state index contributed by atoms with van der Waals surface area (Å²) in [5.41, 5.74) is 2.15. The van der Waals surface area contributed by atoms with Crippen LogP contribution in [0.15, 0.2) is 36.4 Å². The molecule has 0 radical (unpaired) electrons. The number of carbonyl (C=O) groups is 1. The minimum absolute atomic E-state index is 0.0880. The van der Waals surface area contributed by atoms with Crippen molar-refractivity contribution < 1.29 is 18.0 Å². The van der Waals surface area contributed by atoms with Gasteiger partial charge in [0.2, 0.25) is 5.91 Å². The van der Waals surface area contributed by atoms with Crippen LogP contribution in [0.1, 0.15) is 30.5 Å². The van der Waals surface area contributed by atoms with Crippen molar-refractivity contribution in [3.8, 4) is 0 Å². The highest BCUT2D eigenvalue weighted by atomic mass is 35.5. The lowest BCUT2D eigenvalue weighted by Gasteiger charge is -2.24. The Bertz CT molecular complexity index is 834. The minimum atomic E-state index is -4.47. The minimum Gasteiger partial charge on any atom is -0.372 e. The van der Waals surface area contributed by atoms with Gasteiger partial charge >= 0.3 is 6.18 Å². The maximum atomic E-state index is 12.8. The van der Waals surface area contributed by atoms with Crippen LogP contribution >= 0.6 is 11.6 Å². The second kappa shape index (κ2) is 8.21. The van der Waals surface area contributed by atoms with Crippen LogP contribution in [0.2, 0.25) is 5.02 Å². The SMILES string of the molecule is Cc1cccc(NC(=O)[C@@H](Nc2ccc(C(F)(F)F)cc2Cl)C(C)C)c1C. The van der Waals surface area contributed by atoms with E-state index in [-0.39, 0.29) is 22.5 Å². The number of rotatable bonds is 5. The van der Waals surface area contributed by atoms with E-state index in [0.29, 0.717) is 5.69 Å². The molecule has 0 aliphatic carbocycles. The maximum Gasteiger partial charge on any atom is 0.416 e. The Kier molecular flexibility index (Phi) is 6.42. The van der Waals surface area contributed by atoms with E-state index >= 15 is 0 Å². The predicted molar refractivity (Wildman–Crippen MR) is 103 cm³/mol. The molecule has 0 heterocycles. The van der Waals surface area contributed by atoms with Crippen molar-refractivity contribution in [2.75, 3.05) is 10.6 Å². The molecule has 2 N–H and O–H groups in total. The fourth-order valence-corrected chi connectivity index (χ4v) is 2.84. The Morgan fingerprint density at radius 2 is 1.74 bits per heavy atom. The topological polar surface area (TPSA) is 41.1 Å². The third-order valence-electron chi connectivity index (χ3n) is 4.42. The summed E-state index contributed by atoms with van der Waals surface area (Å²) in [7, 11) is 0. The molecule has 2 aromatic carbocycles. The van der Waals surface area contributed by atoms with Crippen molar-refractivity contribution in [1.82, 2.24) is 0 Å². The van der Waals surface area contributed by atoms with Crippen LogP contribution in [0.5, 0.6) is 0 Å². The zero-order chi connectivity index (χ0) is 20.4. The fraction of sp³-hybridized carbons (Fsp3) is 0.350. The quantitative estimate of drug-likeness (QED) is 0.643. The van der Waals surface area contributed by atoms with E-state index in [2.05, 4.69) is 10.6 Å². The number of nitrogens with one attached hydrogen (secondary N) is 2. The van der Waals surface area contributed by atoms with Crippen molar-refractivity contribution in [3.05, 3.63) is 58.1 Å². The van der Waals surface area contributed by atoms with Gasteiger partial charge < -0.3 is 10.6 Å². The summed E-state index contributed by atoms with van der Waals surface area (Å²) in [6.07, 6.45) is -4.47. The third kappa shape index (κ3) is 5.16. The second-order valence-electron chi connectivity index (χ2n) is 6.80. The first-order chi connectivity index (χ1) is 12.5. The zero-order valence-electron chi connectivity index (χ0n) is 15.5. The van der Waals surface area contributed by atoms with E-state index in [9.17, 15) is 18.0 Å². The molecule has 2 aromatic rings. The zero-order valence-corrected chi connectivity index (χ0v) is 16.3. The van der Waals surface area contributed by atoms with Gasteiger partial charge in [0, 0.05) is 5.69 Å². The van der Waals surface area contributed by atoms with E-state index < -0.39 is 17.8 Å². The normalized spacial score (nSPS) is 12.8. The van der Waals surface area contributed by atoms with Crippen molar-refractivity contribution in [2.45, 2.75) is 39.9 Å². The van der Waals surface area contributed by atoms with Crippen LogP contribution < -0.4 is 10.6 Å². The molecule has 3 nitrogen and oxygen atoms in total. The maximum absolute atomic E-state index is 12.8. The van der Waals surface area contributed by atoms with Gasteiger partial charge in [-0.1, -0.05) is 37.6 Å². The van der Waals surface area contributed by atoms with Gasteiger partial charge in [0.05, 0.1) is 16.3 Å². The van der Waals surface area contributed by atoms with Crippen molar-refractivity contribution in [3.63, 3.8) is 0 Å². The van der Waals surface area contributed by atoms with Gasteiger partial charge in [-0.3, -0.25) is 4.79 Å². The van der Waals surface area contributed by atoms with Gasteiger partial charge in [0.25, 0.3) is 0 Å². The number of benzene rings is 2. The van der Waals surface area contributed by atoms with E-state index in [1.165, 1.54) is 6.07 Å². The Balaban J connectivity index is 2.23. The first-order valence-corrected chi connectivity index (χ1v) is 8.89. The second-order valence-corrected chi connectivity index (χ2v) is 7.20. The highest BCUT2D eigenvalue weighted by Gasteiger charge is 2.31. The molecule has 146 valence electrons. The van der Waals surface area contributed by atoms with E-state index in [0.717, 1.165) is 23.3 Å². The molecule has 0 aliphatic rings. The largest absolute Gasteiger partial charge is 0.416 e. The molecule has 0 saturated heterocycles. The van der Waals surface area contributed by atoms with Crippen LogP contribution in [-0.4, -0.2) is 11.9 Å². The van der Waals surface area contributed by atoms with Gasteiger partial charge in [0.15, 0.2) is 0 Å². The standard InChI is InChI=1S/C20H22ClF3N2O/c1-11(2)18(19(27)26-16-7-5-6-12(3)13(16)4)25-17-9-8-14(10-15(17)21)20(22,23)24/h5-11,18,25H,1-4H3,(H,26,27)/t18-/m0/s1. The molecule has 0 aromatic heterocycles. The summed E-state index contributed by atoms with van der Waals surface area (Å²) in [5, 5.41) is 5.76. The summed E-state index contributed by atoms with van der Waals surface area (Å²) in [4.78, 5) is 12.8. The molecule has 2 rings (SSSR count). The average molecular weight is 399 g/mol. The van der Waals surface area contributed by atoms with E-state index in [1.54, 1.807) is 0 Å². The molecule has 1 atom stereocenters. The Hall–Kier alpha value is -2.21. The van der Waals surface area contributed by atoms with Crippen molar-refractivity contribution >= 4 is 28.9 Å². The van der Waals surface area contributed by atoms with Gasteiger partial charge in [-0.15, -0.1) is 0 Å². The van der Waals surface area contributed by atoms with E-state index in [4.69, 9.17) is 11.6 Å². The number of alkyl halides is 3. The lowest BCUT2D eigenvalue weighted by Crippen LogP contribution is -2.39. The molecule has 0 unspecified atom stereocenters. The summed E-state index contributed by atoms with van der Waals surface area (Å²) in [5.74, 6) is -0.400. The number of anilines is 2. The molecule has 0 fully saturated rings. The summed E-state index contributed by atoms with van der Waals surface area (Å²) in [6, 6.07) is 7.97. The number of hydrogen-bond acceptors (Lipinski definition) is 2. The molecular weight excluding hydrogens is 377 g/mol.